The summed E-state index contributed by atoms with van der Waals surface area (Å²) in [6, 6.07) is 2.00. The molecular weight excluding hydrogens is 254 g/mol. The standard InChI is InChI=1S/C11H8BrN3/c12-9-7-14-15-10(5-6-13-11(9)15)8-3-1-2-4-8/h1-8H. The Morgan fingerprint density at radius 1 is 1.27 bits per heavy atom. The fourth-order valence-electron chi connectivity index (χ4n) is 1.76. The molecule has 74 valence electrons. The normalized spacial score (nSPS) is 15.5. The lowest BCUT2D eigenvalue weighted by Crippen LogP contribution is -2.02. The fraction of sp³-hybridized carbons (Fsp3) is 0.0909. The van der Waals surface area contributed by atoms with Gasteiger partial charge in [-0.3, -0.25) is 0 Å². The van der Waals surface area contributed by atoms with Gasteiger partial charge in [-0.25, -0.2) is 9.50 Å². The molecule has 1 aliphatic carbocycles. The summed E-state index contributed by atoms with van der Waals surface area (Å²) < 4.78 is 2.80. The van der Waals surface area contributed by atoms with Crippen LogP contribution in [0.3, 0.4) is 0 Å². The smallest absolute Gasteiger partial charge is 0.169 e. The molecule has 1 aliphatic rings. The molecule has 0 bridgehead atoms. The number of fused-ring (bicyclic) bond motifs is 1. The Morgan fingerprint density at radius 2 is 2.07 bits per heavy atom. The molecular formula is C11H8BrN3. The van der Waals surface area contributed by atoms with Gasteiger partial charge in [0.15, 0.2) is 5.65 Å². The average molecular weight is 262 g/mol. The van der Waals surface area contributed by atoms with E-state index >= 15 is 0 Å². The molecule has 0 aromatic carbocycles. The van der Waals surface area contributed by atoms with Crippen LogP contribution in [0.15, 0.2) is 47.2 Å². The van der Waals surface area contributed by atoms with Gasteiger partial charge in [0.2, 0.25) is 0 Å². The quantitative estimate of drug-likeness (QED) is 0.790. The van der Waals surface area contributed by atoms with Crippen molar-refractivity contribution < 1.29 is 0 Å². The summed E-state index contributed by atoms with van der Waals surface area (Å²) in [5.74, 6) is 0.308. The molecule has 3 nitrogen and oxygen atoms in total. The molecule has 0 radical (unpaired) electrons. The summed E-state index contributed by atoms with van der Waals surface area (Å²) >= 11 is 3.43. The Balaban J connectivity index is 2.26. The predicted octanol–water partition coefficient (Wildman–Crippen LogP) is 2.70. The molecule has 2 heterocycles. The molecule has 3 rings (SSSR count). The Bertz CT molecular complexity index is 556. The third kappa shape index (κ3) is 1.33. The van der Waals surface area contributed by atoms with Gasteiger partial charge in [0.1, 0.15) is 0 Å². The first-order valence-electron chi connectivity index (χ1n) is 4.69. The Hall–Kier alpha value is -1.42. The first-order valence-corrected chi connectivity index (χ1v) is 5.49. The van der Waals surface area contributed by atoms with E-state index in [4.69, 9.17) is 0 Å². The van der Waals surface area contributed by atoms with Gasteiger partial charge in [0.05, 0.1) is 16.4 Å². The van der Waals surface area contributed by atoms with Crippen LogP contribution in [0.4, 0.5) is 0 Å². The van der Waals surface area contributed by atoms with Crippen molar-refractivity contribution in [3.8, 4) is 0 Å². The minimum atomic E-state index is 0.308. The first-order chi connectivity index (χ1) is 7.36. The third-order valence-corrected chi connectivity index (χ3v) is 3.04. The summed E-state index contributed by atoms with van der Waals surface area (Å²) in [7, 11) is 0. The highest BCUT2D eigenvalue weighted by Crippen LogP contribution is 2.24. The molecule has 2 aromatic heterocycles. The predicted molar refractivity (Wildman–Crippen MR) is 61.7 cm³/mol. The van der Waals surface area contributed by atoms with Gasteiger partial charge >= 0.3 is 0 Å². The zero-order valence-electron chi connectivity index (χ0n) is 7.84. The lowest BCUT2D eigenvalue weighted by Gasteiger charge is -2.07. The molecule has 15 heavy (non-hydrogen) atoms. The van der Waals surface area contributed by atoms with Gasteiger partial charge in [-0.15, -0.1) is 0 Å². The average Bonchev–Trinajstić information content (AvgIpc) is 2.88. The number of hydrogen-bond acceptors (Lipinski definition) is 2. The van der Waals surface area contributed by atoms with E-state index in [1.807, 2.05) is 16.8 Å². The highest BCUT2D eigenvalue weighted by atomic mass is 79.9. The molecule has 0 aliphatic heterocycles. The van der Waals surface area contributed by atoms with Crippen LogP contribution in [0, 0.1) is 0 Å². The monoisotopic (exact) mass is 261 g/mol. The van der Waals surface area contributed by atoms with E-state index in [2.05, 4.69) is 50.3 Å². The second-order valence-corrected chi connectivity index (χ2v) is 4.25. The van der Waals surface area contributed by atoms with Crippen molar-refractivity contribution in [3.63, 3.8) is 0 Å². The van der Waals surface area contributed by atoms with E-state index < -0.39 is 0 Å². The number of halogens is 1. The van der Waals surface area contributed by atoms with E-state index in [9.17, 15) is 0 Å². The maximum atomic E-state index is 4.30. The van der Waals surface area contributed by atoms with Gasteiger partial charge in [0, 0.05) is 12.1 Å². The van der Waals surface area contributed by atoms with Crippen molar-refractivity contribution in [2.45, 2.75) is 5.92 Å². The van der Waals surface area contributed by atoms with Crippen LogP contribution >= 0.6 is 15.9 Å². The molecule has 0 atom stereocenters. The Kier molecular flexibility index (Phi) is 1.95. The summed E-state index contributed by atoms with van der Waals surface area (Å²) in [6.07, 6.45) is 12.0. The lowest BCUT2D eigenvalue weighted by atomic mass is 10.1. The van der Waals surface area contributed by atoms with Crippen molar-refractivity contribution in [1.82, 2.24) is 14.6 Å². The second-order valence-electron chi connectivity index (χ2n) is 3.39. The zero-order chi connectivity index (χ0) is 10.3. The molecule has 0 saturated heterocycles. The maximum absolute atomic E-state index is 4.30. The van der Waals surface area contributed by atoms with Crippen LogP contribution in [0.1, 0.15) is 11.6 Å². The summed E-state index contributed by atoms with van der Waals surface area (Å²) in [6.45, 7) is 0. The number of hydrogen-bond donors (Lipinski definition) is 0. The first kappa shape index (κ1) is 8.85. The van der Waals surface area contributed by atoms with Crippen molar-refractivity contribution in [2.75, 3.05) is 0 Å². The molecule has 0 spiro atoms. The van der Waals surface area contributed by atoms with Gasteiger partial charge in [-0.05, 0) is 22.0 Å². The highest BCUT2D eigenvalue weighted by molar-refractivity contribution is 9.10. The SMILES string of the molecule is Brc1cnn2c(C3C=CC=C3)ccnc12. The summed E-state index contributed by atoms with van der Waals surface area (Å²) in [4.78, 5) is 4.28. The minimum Gasteiger partial charge on any atom is -0.236 e. The van der Waals surface area contributed by atoms with E-state index in [-0.39, 0.29) is 0 Å². The van der Waals surface area contributed by atoms with Crippen molar-refractivity contribution in [1.29, 1.82) is 0 Å². The summed E-state index contributed by atoms with van der Waals surface area (Å²) in [5.41, 5.74) is 2.00. The summed E-state index contributed by atoms with van der Waals surface area (Å²) in [5, 5.41) is 4.30. The number of nitrogens with zero attached hydrogens (tertiary/aromatic N) is 3. The van der Waals surface area contributed by atoms with Crippen LogP contribution in [-0.2, 0) is 0 Å². The lowest BCUT2D eigenvalue weighted by molar-refractivity contribution is 0.836. The number of allylic oxidation sites excluding steroid dienone is 4. The van der Waals surface area contributed by atoms with Crippen LogP contribution in [0.5, 0.6) is 0 Å². The van der Waals surface area contributed by atoms with E-state index in [0.29, 0.717) is 5.92 Å². The third-order valence-electron chi connectivity index (χ3n) is 2.48. The Labute approximate surface area is 95.3 Å². The molecule has 0 saturated carbocycles. The van der Waals surface area contributed by atoms with Gasteiger partial charge < -0.3 is 0 Å². The molecule has 0 N–H and O–H groups in total. The van der Waals surface area contributed by atoms with Gasteiger partial charge in [0.25, 0.3) is 0 Å². The molecule has 0 fully saturated rings. The number of rotatable bonds is 1. The van der Waals surface area contributed by atoms with Gasteiger partial charge in [-0.1, -0.05) is 24.3 Å². The largest absolute Gasteiger partial charge is 0.236 e. The number of aromatic nitrogens is 3. The minimum absolute atomic E-state index is 0.308. The van der Waals surface area contributed by atoms with Gasteiger partial charge in [-0.2, -0.15) is 5.10 Å². The molecule has 0 unspecified atom stereocenters. The van der Waals surface area contributed by atoms with Crippen LogP contribution in [0.2, 0.25) is 0 Å². The molecule has 4 heteroatoms. The van der Waals surface area contributed by atoms with Crippen LogP contribution in [0.25, 0.3) is 5.65 Å². The van der Waals surface area contributed by atoms with Crippen LogP contribution in [-0.4, -0.2) is 14.6 Å². The van der Waals surface area contributed by atoms with E-state index in [1.165, 1.54) is 0 Å². The second kappa shape index (κ2) is 3.31. The molecule has 0 amide bonds. The fourth-order valence-corrected chi connectivity index (χ4v) is 2.13. The van der Waals surface area contributed by atoms with Crippen molar-refractivity contribution in [3.05, 3.63) is 52.9 Å². The van der Waals surface area contributed by atoms with Crippen LogP contribution < -0.4 is 0 Å². The van der Waals surface area contributed by atoms with E-state index in [0.717, 1.165) is 15.8 Å². The van der Waals surface area contributed by atoms with E-state index in [1.54, 1.807) is 6.20 Å². The topological polar surface area (TPSA) is 30.2 Å². The van der Waals surface area contributed by atoms with Crippen molar-refractivity contribution >= 4 is 21.6 Å². The highest BCUT2D eigenvalue weighted by Gasteiger charge is 2.13. The van der Waals surface area contributed by atoms with Crippen molar-refractivity contribution in [2.24, 2.45) is 0 Å². The Morgan fingerprint density at radius 3 is 2.87 bits per heavy atom. The molecule has 2 aromatic rings. The zero-order valence-corrected chi connectivity index (χ0v) is 9.42. The maximum Gasteiger partial charge on any atom is 0.169 e.